The Hall–Kier alpha value is -1.06. The van der Waals surface area contributed by atoms with E-state index in [1.807, 2.05) is 6.92 Å². The second-order valence-corrected chi connectivity index (χ2v) is 8.79. The van der Waals surface area contributed by atoms with E-state index in [0.717, 1.165) is 77.0 Å². The first-order valence-electron chi connectivity index (χ1n) is 11.4. The number of carboxylic acids is 2. The molecule has 1 saturated carbocycles. The number of aliphatic carboxylic acids is 2. The molecule has 2 N–H and O–H groups in total. The van der Waals surface area contributed by atoms with Crippen LogP contribution in [0.1, 0.15) is 117 Å². The molecule has 0 aromatic carbocycles. The zero-order chi connectivity index (χ0) is 20.3. The minimum absolute atomic E-state index is 0.0818. The highest BCUT2D eigenvalue weighted by molar-refractivity contribution is 5.87. The third-order valence-corrected chi connectivity index (χ3v) is 7.11. The summed E-state index contributed by atoms with van der Waals surface area (Å²) >= 11 is 0. The molecule has 0 aliphatic heterocycles. The summed E-state index contributed by atoms with van der Waals surface area (Å²) in [6.07, 6.45) is 13.7. The van der Waals surface area contributed by atoms with Crippen LogP contribution in [0.15, 0.2) is 0 Å². The van der Waals surface area contributed by atoms with Gasteiger partial charge in [0.1, 0.15) is 0 Å². The highest BCUT2D eigenvalue weighted by Crippen LogP contribution is 2.59. The van der Waals surface area contributed by atoms with Gasteiger partial charge in [-0.15, -0.1) is 0 Å². The molecule has 0 radical (unpaired) electrons. The van der Waals surface area contributed by atoms with Crippen LogP contribution in [0.3, 0.4) is 0 Å². The van der Waals surface area contributed by atoms with Gasteiger partial charge in [-0.05, 0) is 31.6 Å². The van der Waals surface area contributed by atoms with E-state index in [-0.39, 0.29) is 5.92 Å². The maximum atomic E-state index is 12.6. The van der Waals surface area contributed by atoms with E-state index in [1.165, 1.54) is 0 Å². The molecule has 158 valence electrons. The maximum absolute atomic E-state index is 12.6. The minimum atomic E-state index is -1.12. The highest BCUT2D eigenvalue weighted by Gasteiger charge is 2.64. The average Bonchev–Trinajstić information content (AvgIpc) is 2.62. The van der Waals surface area contributed by atoms with Crippen LogP contribution >= 0.6 is 0 Å². The number of carboxylic acid groups (broad SMARTS) is 2. The summed E-state index contributed by atoms with van der Waals surface area (Å²) in [5.74, 6) is -1.83. The highest BCUT2D eigenvalue weighted by atomic mass is 16.4. The van der Waals surface area contributed by atoms with Crippen LogP contribution in [0.4, 0.5) is 0 Å². The quantitative estimate of drug-likeness (QED) is 0.329. The van der Waals surface area contributed by atoms with Crippen molar-refractivity contribution in [2.75, 3.05) is 0 Å². The van der Waals surface area contributed by atoms with Crippen LogP contribution in [0, 0.1) is 16.7 Å². The number of hydrogen-bond acceptors (Lipinski definition) is 2. The molecule has 27 heavy (non-hydrogen) atoms. The van der Waals surface area contributed by atoms with Crippen LogP contribution in [0.5, 0.6) is 0 Å². The van der Waals surface area contributed by atoms with E-state index in [2.05, 4.69) is 13.8 Å². The molecular formula is C23H42O4. The average molecular weight is 383 g/mol. The lowest BCUT2D eigenvalue weighted by Gasteiger charge is -2.52. The van der Waals surface area contributed by atoms with Crippen molar-refractivity contribution in [2.45, 2.75) is 117 Å². The molecule has 0 saturated heterocycles. The Bertz CT molecular complexity index is 461. The van der Waals surface area contributed by atoms with Gasteiger partial charge >= 0.3 is 11.9 Å². The Balaban J connectivity index is 3.04. The predicted molar refractivity (Wildman–Crippen MR) is 110 cm³/mol. The molecule has 1 rings (SSSR count). The first kappa shape index (κ1) is 24.0. The largest absolute Gasteiger partial charge is 0.481 e. The normalized spacial score (nSPS) is 28.2. The van der Waals surface area contributed by atoms with Crippen LogP contribution < -0.4 is 0 Å². The van der Waals surface area contributed by atoms with Crippen molar-refractivity contribution in [3.05, 3.63) is 0 Å². The fourth-order valence-corrected chi connectivity index (χ4v) is 5.45. The standard InChI is InChI=1S/C23H42O4/c1-4-6-8-10-12-16-22(20(24)25)17-14-15-19(3)23(22,21(26)27)18-13-11-9-7-5-2/h19H,4-18H2,1-3H3,(H,24,25)(H,26,27). The molecule has 3 unspecified atom stereocenters. The van der Waals surface area contributed by atoms with Crippen molar-refractivity contribution in [2.24, 2.45) is 16.7 Å². The summed E-state index contributed by atoms with van der Waals surface area (Å²) in [4.78, 5) is 25.1. The number of carbonyl (C=O) groups is 2. The summed E-state index contributed by atoms with van der Waals surface area (Å²) in [5, 5.41) is 20.6. The number of rotatable bonds is 14. The van der Waals surface area contributed by atoms with Gasteiger partial charge < -0.3 is 10.2 Å². The lowest BCUT2D eigenvalue weighted by atomic mass is 9.48. The Kier molecular flexibility index (Phi) is 10.4. The SMILES string of the molecule is CCCCCCCC1(C(=O)O)CCCC(C)C1(CCCCCCC)C(=O)O. The Morgan fingerprint density at radius 1 is 0.815 bits per heavy atom. The third kappa shape index (κ3) is 5.48. The van der Waals surface area contributed by atoms with Crippen molar-refractivity contribution < 1.29 is 19.8 Å². The van der Waals surface area contributed by atoms with Gasteiger partial charge in [0.05, 0.1) is 10.8 Å². The van der Waals surface area contributed by atoms with Gasteiger partial charge in [-0.25, -0.2) is 0 Å². The van der Waals surface area contributed by atoms with Crippen molar-refractivity contribution in [1.82, 2.24) is 0 Å². The van der Waals surface area contributed by atoms with Crippen LogP contribution in [-0.2, 0) is 9.59 Å². The summed E-state index contributed by atoms with van der Waals surface area (Å²) in [6, 6.07) is 0. The van der Waals surface area contributed by atoms with Crippen molar-refractivity contribution in [1.29, 1.82) is 0 Å². The molecule has 1 aliphatic rings. The Morgan fingerprint density at radius 3 is 1.81 bits per heavy atom. The summed E-state index contributed by atoms with van der Waals surface area (Å²) < 4.78 is 0. The zero-order valence-corrected chi connectivity index (χ0v) is 17.9. The topological polar surface area (TPSA) is 74.6 Å². The van der Waals surface area contributed by atoms with Crippen LogP contribution in [0.2, 0.25) is 0 Å². The second-order valence-electron chi connectivity index (χ2n) is 8.79. The fourth-order valence-electron chi connectivity index (χ4n) is 5.45. The van der Waals surface area contributed by atoms with E-state index in [1.54, 1.807) is 0 Å². The van der Waals surface area contributed by atoms with Crippen LogP contribution in [0.25, 0.3) is 0 Å². The van der Waals surface area contributed by atoms with E-state index >= 15 is 0 Å². The van der Waals surface area contributed by atoms with Crippen molar-refractivity contribution in [3.8, 4) is 0 Å². The van der Waals surface area contributed by atoms with E-state index in [9.17, 15) is 19.8 Å². The van der Waals surface area contributed by atoms with Crippen LogP contribution in [-0.4, -0.2) is 22.2 Å². The smallest absolute Gasteiger partial charge is 0.311 e. The van der Waals surface area contributed by atoms with E-state index < -0.39 is 22.8 Å². The van der Waals surface area contributed by atoms with Gasteiger partial charge in [0.15, 0.2) is 0 Å². The van der Waals surface area contributed by atoms with Crippen molar-refractivity contribution >= 4 is 11.9 Å². The summed E-state index contributed by atoms with van der Waals surface area (Å²) in [5.41, 5.74) is -2.22. The maximum Gasteiger partial charge on any atom is 0.311 e. The first-order chi connectivity index (χ1) is 12.9. The molecule has 4 heteroatoms. The molecular weight excluding hydrogens is 340 g/mol. The van der Waals surface area contributed by atoms with E-state index in [4.69, 9.17) is 0 Å². The minimum Gasteiger partial charge on any atom is -0.481 e. The molecule has 1 aliphatic carbocycles. The fraction of sp³-hybridized carbons (Fsp3) is 0.913. The molecule has 3 atom stereocenters. The second kappa shape index (κ2) is 11.7. The number of hydrogen-bond donors (Lipinski definition) is 2. The van der Waals surface area contributed by atoms with Gasteiger partial charge in [-0.3, -0.25) is 9.59 Å². The monoisotopic (exact) mass is 382 g/mol. The van der Waals surface area contributed by atoms with Gasteiger partial charge in [0.2, 0.25) is 0 Å². The lowest BCUT2D eigenvalue weighted by molar-refractivity contribution is -0.189. The molecule has 0 spiro atoms. The Labute approximate surface area is 166 Å². The molecule has 4 nitrogen and oxygen atoms in total. The number of unbranched alkanes of at least 4 members (excludes halogenated alkanes) is 8. The summed E-state index contributed by atoms with van der Waals surface area (Å²) in [6.45, 7) is 6.31. The zero-order valence-electron chi connectivity index (χ0n) is 17.9. The first-order valence-corrected chi connectivity index (χ1v) is 11.4. The van der Waals surface area contributed by atoms with E-state index in [0.29, 0.717) is 19.3 Å². The molecule has 0 amide bonds. The van der Waals surface area contributed by atoms with Gasteiger partial charge in [0, 0.05) is 0 Å². The van der Waals surface area contributed by atoms with Gasteiger partial charge in [-0.2, -0.15) is 0 Å². The Morgan fingerprint density at radius 2 is 1.33 bits per heavy atom. The predicted octanol–water partition coefficient (Wildman–Crippen LogP) is 6.67. The molecule has 0 aromatic heterocycles. The van der Waals surface area contributed by atoms with Gasteiger partial charge in [0.25, 0.3) is 0 Å². The molecule has 0 aromatic rings. The molecule has 0 heterocycles. The lowest BCUT2D eigenvalue weighted by Crippen LogP contribution is -2.58. The van der Waals surface area contributed by atoms with Crippen molar-refractivity contribution in [3.63, 3.8) is 0 Å². The summed E-state index contributed by atoms with van der Waals surface area (Å²) in [7, 11) is 0. The molecule has 0 bridgehead atoms. The van der Waals surface area contributed by atoms with Gasteiger partial charge in [-0.1, -0.05) is 91.4 Å². The third-order valence-electron chi connectivity index (χ3n) is 7.11. The molecule has 1 fully saturated rings.